The van der Waals surface area contributed by atoms with Gasteiger partial charge in [-0.1, -0.05) is 62.4 Å². The molecular formula is C29H32BClF2N4O2. The maximum absolute atomic E-state index is 14.1. The van der Waals surface area contributed by atoms with Crippen LogP contribution in [0, 0.1) is 0 Å². The molecule has 2 radical (unpaired) electrons. The molecule has 39 heavy (non-hydrogen) atoms. The standard InChI is InChI=1S/C29H32BClF2N4O2/c1-5-8-24(39)25(21-9-7-10-22(16-21)29(30,32)33)28-35-27(34-18-38)26(19(3)36(4)15-6-2)37(28)17-20-11-13-23(31)14-12-20/h7,9-14,16,18,25H,3,5-6,8,15,17H2,1-2,4H3,(H,34,38). The second-order valence-electron chi connectivity index (χ2n) is 9.41. The minimum Gasteiger partial charge on any atom is -0.373 e. The van der Waals surface area contributed by atoms with Crippen LogP contribution in [0.2, 0.25) is 5.02 Å². The maximum Gasteiger partial charge on any atom is 0.224 e. The van der Waals surface area contributed by atoms with E-state index >= 15 is 0 Å². The number of nitrogens with zero attached hydrogens (tertiary/aromatic N) is 3. The molecule has 0 fully saturated rings. The van der Waals surface area contributed by atoms with Gasteiger partial charge >= 0.3 is 0 Å². The number of anilines is 1. The predicted molar refractivity (Wildman–Crippen MR) is 152 cm³/mol. The van der Waals surface area contributed by atoms with Gasteiger partial charge in [0, 0.05) is 37.1 Å². The molecule has 204 valence electrons. The number of hydrogen-bond donors (Lipinski definition) is 1. The van der Waals surface area contributed by atoms with E-state index in [1.165, 1.54) is 18.2 Å². The van der Waals surface area contributed by atoms with Gasteiger partial charge in [0.1, 0.15) is 23.2 Å². The number of halogens is 3. The lowest BCUT2D eigenvalue weighted by atomic mass is 9.85. The quantitative estimate of drug-likeness (QED) is 0.191. The molecule has 3 aromatic rings. The largest absolute Gasteiger partial charge is 0.373 e. The van der Waals surface area contributed by atoms with Gasteiger partial charge in [-0.15, -0.1) is 0 Å². The SMILES string of the molecule is [B]C(F)(F)c1cccc(C(C(=O)CCC)c2nc(NC=O)c(C(=C)N(C)CCC)n2Cc2ccc(Cl)cc2)c1. The summed E-state index contributed by atoms with van der Waals surface area (Å²) in [5.74, 6) is -4.26. The first kappa shape index (κ1) is 30.1. The van der Waals surface area contributed by atoms with E-state index in [1.54, 1.807) is 18.2 Å². The lowest BCUT2D eigenvalue weighted by Gasteiger charge is -2.25. The number of aromatic nitrogens is 2. The Kier molecular flexibility index (Phi) is 10.1. The second kappa shape index (κ2) is 13.1. The van der Waals surface area contributed by atoms with Crippen molar-refractivity contribution < 1.29 is 18.4 Å². The first-order valence-corrected chi connectivity index (χ1v) is 13.1. The number of amides is 1. The second-order valence-corrected chi connectivity index (χ2v) is 9.84. The molecule has 0 saturated heterocycles. The average Bonchev–Trinajstić information content (AvgIpc) is 3.22. The molecule has 1 unspecified atom stereocenters. The minimum atomic E-state index is -3.58. The molecule has 0 aliphatic carbocycles. The van der Waals surface area contributed by atoms with Gasteiger partial charge in [-0.25, -0.2) is 13.8 Å². The van der Waals surface area contributed by atoms with Gasteiger partial charge in [0.05, 0.1) is 5.70 Å². The third-order valence-corrected chi connectivity index (χ3v) is 6.67. The molecule has 10 heteroatoms. The van der Waals surface area contributed by atoms with Crippen molar-refractivity contribution in [2.45, 2.75) is 51.4 Å². The highest BCUT2D eigenvalue weighted by molar-refractivity contribution is 6.30. The van der Waals surface area contributed by atoms with Crippen molar-refractivity contribution in [1.29, 1.82) is 0 Å². The summed E-state index contributed by atoms with van der Waals surface area (Å²) >= 11 is 6.10. The van der Waals surface area contributed by atoms with E-state index < -0.39 is 17.3 Å². The summed E-state index contributed by atoms with van der Waals surface area (Å²) in [7, 11) is 6.97. The van der Waals surface area contributed by atoms with Crippen LogP contribution in [0.3, 0.4) is 0 Å². The number of Topliss-reactive ketones (excluding diaryl/α,β-unsaturated/α-hetero) is 1. The average molecular weight is 553 g/mol. The molecule has 1 atom stereocenters. The Morgan fingerprint density at radius 2 is 1.92 bits per heavy atom. The molecule has 0 aliphatic rings. The van der Waals surface area contributed by atoms with Crippen LogP contribution >= 0.6 is 11.6 Å². The van der Waals surface area contributed by atoms with E-state index in [4.69, 9.17) is 24.4 Å². The van der Waals surface area contributed by atoms with Crippen LogP contribution in [-0.2, 0) is 22.0 Å². The summed E-state index contributed by atoms with van der Waals surface area (Å²) in [6.45, 7) is 9.11. The van der Waals surface area contributed by atoms with Gasteiger partial charge in [0.2, 0.25) is 12.2 Å². The highest BCUT2D eigenvalue weighted by atomic mass is 35.5. The Bertz CT molecular complexity index is 1320. The van der Waals surface area contributed by atoms with E-state index in [0.717, 1.165) is 12.0 Å². The summed E-state index contributed by atoms with van der Waals surface area (Å²) in [5, 5.41) is 3.22. The molecule has 1 aromatic heterocycles. The van der Waals surface area contributed by atoms with Crippen molar-refractivity contribution >= 4 is 43.2 Å². The van der Waals surface area contributed by atoms with Crippen LogP contribution in [0.5, 0.6) is 0 Å². The van der Waals surface area contributed by atoms with E-state index in [2.05, 4.69) is 11.9 Å². The molecular weight excluding hydrogens is 521 g/mol. The van der Waals surface area contributed by atoms with Gasteiger partial charge in [-0.2, -0.15) is 0 Å². The Morgan fingerprint density at radius 1 is 1.23 bits per heavy atom. The van der Waals surface area contributed by atoms with Gasteiger partial charge in [0.25, 0.3) is 0 Å². The summed E-state index contributed by atoms with van der Waals surface area (Å²) in [5.41, 5.74) is 1.86. The van der Waals surface area contributed by atoms with Crippen LogP contribution in [0.25, 0.3) is 5.70 Å². The first-order chi connectivity index (χ1) is 18.5. The number of rotatable bonds is 14. The van der Waals surface area contributed by atoms with Gasteiger partial charge in [0.15, 0.2) is 13.7 Å². The fraction of sp³-hybridized carbons (Fsp3) is 0.345. The first-order valence-electron chi connectivity index (χ1n) is 12.8. The maximum atomic E-state index is 14.1. The molecule has 0 aliphatic heterocycles. The van der Waals surface area contributed by atoms with Crippen molar-refractivity contribution in [3.63, 3.8) is 0 Å². The Morgan fingerprint density at radius 3 is 2.51 bits per heavy atom. The van der Waals surface area contributed by atoms with Crippen LogP contribution in [0.4, 0.5) is 14.6 Å². The molecule has 1 heterocycles. The highest BCUT2D eigenvalue weighted by Gasteiger charge is 2.33. The molecule has 0 saturated carbocycles. The number of ketones is 1. The monoisotopic (exact) mass is 552 g/mol. The minimum absolute atomic E-state index is 0.199. The molecule has 3 rings (SSSR count). The summed E-state index contributed by atoms with van der Waals surface area (Å²) in [6, 6.07) is 12.7. The number of carbonyl (C=O) groups is 2. The van der Waals surface area contributed by atoms with E-state index in [9.17, 15) is 18.4 Å². The molecule has 0 bridgehead atoms. The number of carbonyl (C=O) groups excluding carboxylic acids is 2. The zero-order valence-electron chi connectivity index (χ0n) is 22.4. The van der Waals surface area contributed by atoms with Crippen LogP contribution in [-0.4, -0.2) is 48.1 Å². The Hall–Kier alpha value is -3.46. The fourth-order valence-electron chi connectivity index (χ4n) is 4.52. The van der Waals surface area contributed by atoms with Crippen molar-refractivity contribution in [2.75, 3.05) is 18.9 Å². The number of alkyl halides is 2. The predicted octanol–water partition coefficient (Wildman–Crippen LogP) is 6.18. The van der Waals surface area contributed by atoms with Crippen molar-refractivity contribution in [3.05, 3.63) is 88.3 Å². The van der Waals surface area contributed by atoms with Crippen molar-refractivity contribution in [1.82, 2.24) is 14.5 Å². The zero-order chi connectivity index (χ0) is 28.7. The smallest absolute Gasteiger partial charge is 0.224 e. The topological polar surface area (TPSA) is 67.2 Å². The zero-order valence-corrected chi connectivity index (χ0v) is 23.1. The van der Waals surface area contributed by atoms with Crippen LogP contribution < -0.4 is 5.32 Å². The third-order valence-electron chi connectivity index (χ3n) is 6.42. The fourth-order valence-corrected chi connectivity index (χ4v) is 4.64. The molecule has 0 spiro atoms. The number of hydrogen-bond acceptors (Lipinski definition) is 4. The number of imidazole rings is 1. The highest BCUT2D eigenvalue weighted by Crippen LogP contribution is 2.36. The van der Waals surface area contributed by atoms with Gasteiger partial charge in [-0.3, -0.25) is 9.59 Å². The third kappa shape index (κ3) is 7.15. The van der Waals surface area contributed by atoms with Crippen molar-refractivity contribution in [3.8, 4) is 0 Å². The molecule has 2 aromatic carbocycles. The number of nitrogens with one attached hydrogen (secondary N) is 1. The van der Waals surface area contributed by atoms with E-state index in [1.807, 2.05) is 42.5 Å². The normalized spacial score (nSPS) is 12.2. The summed E-state index contributed by atoms with van der Waals surface area (Å²) in [6.07, 6.45) is 2.11. The van der Waals surface area contributed by atoms with Gasteiger partial charge in [-0.05, 0) is 42.2 Å². The number of benzene rings is 2. The van der Waals surface area contributed by atoms with Gasteiger partial charge < -0.3 is 14.8 Å². The van der Waals surface area contributed by atoms with Crippen molar-refractivity contribution in [2.24, 2.45) is 0 Å². The summed E-state index contributed by atoms with van der Waals surface area (Å²) < 4.78 is 30.0. The Labute approximate surface area is 234 Å². The van der Waals surface area contributed by atoms with E-state index in [0.29, 0.717) is 47.2 Å². The van der Waals surface area contributed by atoms with Crippen LogP contribution in [0.1, 0.15) is 67.2 Å². The molecule has 6 nitrogen and oxygen atoms in total. The lowest BCUT2D eigenvalue weighted by Crippen LogP contribution is -2.23. The summed E-state index contributed by atoms with van der Waals surface area (Å²) in [4.78, 5) is 31.9. The molecule has 1 amide bonds. The Balaban J connectivity index is 2.33. The molecule has 1 N–H and O–H groups in total. The lowest BCUT2D eigenvalue weighted by molar-refractivity contribution is -0.119. The van der Waals surface area contributed by atoms with Crippen LogP contribution in [0.15, 0.2) is 55.1 Å². The van der Waals surface area contributed by atoms with E-state index in [-0.39, 0.29) is 24.6 Å².